The Morgan fingerprint density at radius 2 is 2.00 bits per heavy atom. The van der Waals surface area contributed by atoms with Crippen LogP contribution in [-0.4, -0.2) is 4.92 Å². The molecule has 0 N–H and O–H groups in total. The third-order valence-electron chi connectivity index (χ3n) is 1.29. The molecule has 0 aliphatic rings. The van der Waals surface area contributed by atoms with Crippen molar-refractivity contribution in [3.8, 4) is 0 Å². The first-order chi connectivity index (χ1) is 6.07. The fourth-order valence-corrected chi connectivity index (χ4v) is 2.29. The molecule has 1 rings (SSSR count). The average Bonchev–Trinajstić information content (AvgIpc) is 2.08. The van der Waals surface area contributed by atoms with E-state index < -0.39 is 26.1 Å². The molecule has 0 aliphatic heterocycles. The van der Waals surface area contributed by atoms with Gasteiger partial charge in [0.1, 0.15) is 8.59 Å². The van der Waals surface area contributed by atoms with E-state index in [9.17, 15) is 13.2 Å². The van der Waals surface area contributed by atoms with Gasteiger partial charge >= 0.3 is 5.69 Å². The maximum atomic E-state index is 10.6. The summed E-state index contributed by atoms with van der Waals surface area (Å²) >= 11 is 9.53. The summed E-state index contributed by atoms with van der Waals surface area (Å²) in [5.74, 6) is 0. The lowest BCUT2D eigenvalue weighted by Crippen LogP contribution is -1.93. The normalized spacial score (nSPS) is 10.0. The molecular weight excluding hydrogens is 332 g/mol. The Morgan fingerprint density at radius 3 is 2.46 bits per heavy atom. The fourth-order valence-electron chi connectivity index (χ4n) is 0.746. The van der Waals surface area contributed by atoms with Gasteiger partial charge in [-0.1, -0.05) is 23.2 Å². The van der Waals surface area contributed by atoms with Crippen molar-refractivity contribution in [3.05, 3.63) is 35.9 Å². The highest BCUT2D eigenvalue weighted by molar-refractivity contribution is 14.1. The molecule has 0 spiro atoms. The van der Waals surface area contributed by atoms with Gasteiger partial charge in [-0.3, -0.25) is 13.2 Å². The average molecular weight is 334 g/mol. The maximum absolute atomic E-state index is 10.6. The van der Waals surface area contributed by atoms with Gasteiger partial charge in [0, 0.05) is 0 Å². The fraction of sp³-hybridized carbons (Fsp3) is 0. The van der Waals surface area contributed by atoms with Gasteiger partial charge in [-0.15, -0.1) is 0 Å². The molecule has 0 saturated carbocycles. The Kier molecular flexibility index (Phi) is 3.57. The van der Waals surface area contributed by atoms with E-state index >= 15 is 0 Å². The van der Waals surface area contributed by atoms with Crippen molar-refractivity contribution >= 4 is 50.1 Å². The van der Waals surface area contributed by atoms with Crippen LogP contribution in [0.25, 0.3) is 0 Å². The van der Waals surface area contributed by atoms with Crippen LogP contribution in [0, 0.1) is 13.7 Å². The Labute approximate surface area is 93.6 Å². The van der Waals surface area contributed by atoms with E-state index in [2.05, 4.69) is 0 Å². The number of hydrogen-bond donors (Lipinski definition) is 0. The number of hydrogen-bond acceptors (Lipinski definition) is 3. The molecule has 0 unspecified atom stereocenters. The molecule has 4 nitrogen and oxygen atoms in total. The standard InChI is InChI=1S/C6H2Cl2INO3/c7-3-1-2-4(9-11)6(5(3)8)10(12)13/h1-2H. The molecule has 0 fully saturated rings. The summed E-state index contributed by atoms with van der Waals surface area (Å²) in [5, 5.41) is 10.4. The van der Waals surface area contributed by atoms with Crippen molar-refractivity contribution in [2.75, 3.05) is 0 Å². The number of rotatable bonds is 2. The number of nitrogens with zero attached hydrogens (tertiary/aromatic N) is 1. The van der Waals surface area contributed by atoms with Crippen LogP contribution in [-0.2, 0) is 3.07 Å². The van der Waals surface area contributed by atoms with Crippen LogP contribution in [0.5, 0.6) is 0 Å². The molecular formula is C6H2Cl2INO3. The van der Waals surface area contributed by atoms with Crippen molar-refractivity contribution in [2.24, 2.45) is 0 Å². The number of benzene rings is 1. The van der Waals surface area contributed by atoms with Crippen LogP contribution < -0.4 is 0 Å². The predicted molar refractivity (Wildman–Crippen MR) is 56.5 cm³/mol. The second-order valence-corrected chi connectivity index (χ2v) is 4.41. The Morgan fingerprint density at radius 1 is 1.38 bits per heavy atom. The van der Waals surface area contributed by atoms with Crippen molar-refractivity contribution < 1.29 is 7.99 Å². The lowest BCUT2D eigenvalue weighted by atomic mass is 10.3. The minimum Gasteiger partial charge on any atom is -0.265 e. The van der Waals surface area contributed by atoms with Crippen LogP contribution in [0.4, 0.5) is 5.69 Å². The van der Waals surface area contributed by atoms with Crippen molar-refractivity contribution in [3.63, 3.8) is 0 Å². The number of halogens is 3. The predicted octanol–water partition coefficient (Wildman–Crippen LogP) is 3.39. The van der Waals surface area contributed by atoms with Crippen LogP contribution in [0.3, 0.4) is 0 Å². The SMILES string of the molecule is O=Ic1ccc(Cl)c(Cl)c1[N+](=O)[O-]. The second-order valence-electron chi connectivity index (χ2n) is 2.03. The van der Waals surface area contributed by atoms with Gasteiger partial charge in [-0.05, 0) is 12.1 Å². The molecule has 1 aromatic rings. The Bertz CT molecular complexity index is 382. The summed E-state index contributed by atoms with van der Waals surface area (Å²) < 4.78 is 10.8. The summed E-state index contributed by atoms with van der Waals surface area (Å²) in [7, 11) is 0. The summed E-state index contributed by atoms with van der Waals surface area (Å²) in [6.45, 7) is 0. The first kappa shape index (κ1) is 10.8. The van der Waals surface area contributed by atoms with Gasteiger partial charge in [0.05, 0.1) is 9.95 Å². The third-order valence-corrected chi connectivity index (χ3v) is 3.42. The smallest absolute Gasteiger partial charge is 0.265 e. The van der Waals surface area contributed by atoms with Gasteiger partial charge in [0.2, 0.25) is 0 Å². The molecule has 7 heteroatoms. The molecule has 0 aliphatic carbocycles. The Hall–Kier alpha value is -0.270. The zero-order valence-corrected chi connectivity index (χ0v) is 9.63. The lowest BCUT2D eigenvalue weighted by molar-refractivity contribution is -0.385. The van der Waals surface area contributed by atoms with Gasteiger partial charge in [-0.25, -0.2) is 0 Å². The third kappa shape index (κ3) is 2.15. The van der Waals surface area contributed by atoms with E-state index in [-0.39, 0.29) is 19.3 Å². The monoisotopic (exact) mass is 333 g/mol. The highest BCUT2D eigenvalue weighted by atomic mass is 127. The zero-order chi connectivity index (χ0) is 10.0. The number of nitro groups is 1. The molecule has 0 heterocycles. The first-order valence-electron chi connectivity index (χ1n) is 2.97. The molecule has 0 bridgehead atoms. The largest absolute Gasteiger partial charge is 0.305 e. The first-order valence-corrected chi connectivity index (χ1v) is 5.69. The van der Waals surface area contributed by atoms with E-state index in [1.807, 2.05) is 0 Å². The molecule has 1 aromatic carbocycles. The van der Waals surface area contributed by atoms with E-state index in [1.54, 1.807) is 0 Å². The van der Waals surface area contributed by atoms with E-state index in [0.29, 0.717) is 0 Å². The molecule has 70 valence electrons. The molecule has 0 amide bonds. The zero-order valence-electron chi connectivity index (χ0n) is 5.96. The topological polar surface area (TPSA) is 60.2 Å². The van der Waals surface area contributed by atoms with Gasteiger partial charge in [0.15, 0.2) is 21.2 Å². The minimum absolute atomic E-state index is 0.0922. The lowest BCUT2D eigenvalue weighted by Gasteiger charge is -1.98. The molecule has 0 saturated heterocycles. The van der Waals surface area contributed by atoms with Crippen LogP contribution >= 0.6 is 44.4 Å². The minimum atomic E-state index is -1.61. The van der Waals surface area contributed by atoms with Gasteiger partial charge in [0.25, 0.3) is 0 Å². The van der Waals surface area contributed by atoms with E-state index in [1.165, 1.54) is 12.1 Å². The second kappa shape index (κ2) is 4.30. The highest BCUT2D eigenvalue weighted by Crippen LogP contribution is 2.36. The van der Waals surface area contributed by atoms with Crippen molar-refractivity contribution in [1.82, 2.24) is 0 Å². The van der Waals surface area contributed by atoms with Crippen LogP contribution in [0.1, 0.15) is 0 Å². The molecule has 0 aromatic heterocycles. The van der Waals surface area contributed by atoms with Crippen LogP contribution in [0.2, 0.25) is 10.0 Å². The summed E-state index contributed by atoms with van der Waals surface area (Å²) in [4.78, 5) is 9.82. The van der Waals surface area contributed by atoms with Crippen molar-refractivity contribution in [1.29, 1.82) is 0 Å². The van der Waals surface area contributed by atoms with E-state index in [4.69, 9.17) is 23.2 Å². The summed E-state index contributed by atoms with van der Waals surface area (Å²) in [5.41, 5.74) is -0.350. The maximum Gasteiger partial charge on any atom is 0.305 e. The molecule has 13 heavy (non-hydrogen) atoms. The Balaban J connectivity index is 3.50. The molecule has 0 radical (unpaired) electrons. The van der Waals surface area contributed by atoms with E-state index in [0.717, 1.165) is 0 Å². The number of nitro benzene ring substituents is 1. The summed E-state index contributed by atoms with van der Waals surface area (Å²) in [6.07, 6.45) is 0. The van der Waals surface area contributed by atoms with Gasteiger partial charge in [-0.2, -0.15) is 0 Å². The highest BCUT2D eigenvalue weighted by Gasteiger charge is 2.21. The quantitative estimate of drug-likeness (QED) is 0.361. The van der Waals surface area contributed by atoms with Gasteiger partial charge < -0.3 is 0 Å². The molecule has 0 atom stereocenters. The van der Waals surface area contributed by atoms with Crippen LogP contribution in [0.15, 0.2) is 12.1 Å². The van der Waals surface area contributed by atoms with Crippen molar-refractivity contribution in [2.45, 2.75) is 0 Å². The summed E-state index contributed by atoms with van der Waals surface area (Å²) in [6, 6.07) is 2.75.